The van der Waals surface area contributed by atoms with E-state index in [0.29, 0.717) is 23.7 Å². The van der Waals surface area contributed by atoms with Crippen LogP contribution in [0.2, 0.25) is 0 Å². The number of rotatable bonds is 3. The van der Waals surface area contributed by atoms with Crippen LogP contribution in [-0.2, 0) is 28.6 Å². The van der Waals surface area contributed by atoms with Gasteiger partial charge in [0.2, 0.25) is 5.91 Å². The maximum Gasteiger partial charge on any atom is 0.235 e. The van der Waals surface area contributed by atoms with Crippen LogP contribution in [0, 0.1) is 6.92 Å². The first kappa shape index (κ1) is 13.6. The molecule has 3 heterocycles. The Hall–Kier alpha value is -1.40. The third kappa shape index (κ3) is 2.58. The molecule has 106 valence electrons. The minimum atomic E-state index is -1.33. The molecule has 0 aliphatic carbocycles. The number of carbonyl (C=O) groups is 1. The van der Waals surface area contributed by atoms with Gasteiger partial charge in [-0.2, -0.15) is 0 Å². The number of carbonyl (C=O) groups excluding carboxylic acids is 1. The lowest BCUT2D eigenvalue weighted by Gasteiger charge is -2.26. The number of amides is 1. The summed E-state index contributed by atoms with van der Waals surface area (Å²) >= 11 is 1.74. The summed E-state index contributed by atoms with van der Waals surface area (Å²) in [6.07, 6.45) is 2.40. The monoisotopic (exact) mass is 309 g/mol. The second-order valence-corrected chi connectivity index (χ2v) is 7.19. The molecule has 0 bridgehead atoms. The summed E-state index contributed by atoms with van der Waals surface area (Å²) in [5, 5.41) is 2.06. The number of hydrogen-bond acceptors (Lipinski definition) is 4. The molecular formula is C14H15NO3S2. The van der Waals surface area contributed by atoms with Crippen LogP contribution in [-0.4, -0.2) is 27.3 Å². The first-order valence-electron chi connectivity index (χ1n) is 6.40. The van der Waals surface area contributed by atoms with Gasteiger partial charge in [-0.3, -0.25) is 9.00 Å². The van der Waals surface area contributed by atoms with Crippen LogP contribution in [0.4, 0.5) is 0 Å². The Bertz CT molecular complexity index is 659. The molecule has 0 N–H and O–H groups in total. The molecule has 1 aliphatic rings. The fraction of sp³-hybridized carbons (Fsp3) is 0.357. The van der Waals surface area contributed by atoms with Crippen molar-refractivity contribution in [3.8, 4) is 0 Å². The van der Waals surface area contributed by atoms with E-state index in [1.807, 2.05) is 0 Å². The molecule has 6 heteroatoms. The fourth-order valence-electron chi connectivity index (χ4n) is 2.35. The van der Waals surface area contributed by atoms with E-state index >= 15 is 0 Å². The van der Waals surface area contributed by atoms with Crippen LogP contribution < -0.4 is 0 Å². The van der Waals surface area contributed by atoms with Gasteiger partial charge >= 0.3 is 0 Å². The molecule has 4 nitrogen and oxygen atoms in total. The van der Waals surface area contributed by atoms with Crippen molar-refractivity contribution in [1.29, 1.82) is 0 Å². The topological polar surface area (TPSA) is 50.5 Å². The molecule has 0 spiro atoms. The van der Waals surface area contributed by atoms with Crippen molar-refractivity contribution in [1.82, 2.24) is 4.90 Å². The minimum absolute atomic E-state index is 0.0276. The Kier molecular flexibility index (Phi) is 3.76. The zero-order valence-electron chi connectivity index (χ0n) is 11.1. The van der Waals surface area contributed by atoms with Gasteiger partial charge in [0.15, 0.2) is 0 Å². The lowest BCUT2D eigenvalue weighted by atomic mass is 10.1. The number of fused-ring (bicyclic) bond motifs is 1. The molecule has 0 saturated heterocycles. The predicted molar refractivity (Wildman–Crippen MR) is 78.2 cm³/mol. The summed E-state index contributed by atoms with van der Waals surface area (Å²) in [5.41, 5.74) is 1.22. The van der Waals surface area contributed by atoms with Gasteiger partial charge in [0, 0.05) is 18.0 Å². The first-order valence-corrected chi connectivity index (χ1v) is 8.60. The molecule has 1 amide bonds. The summed E-state index contributed by atoms with van der Waals surface area (Å²) in [4.78, 5) is 16.0. The molecule has 0 aromatic carbocycles. The van der Waals surface area contributed by atoms with E-state index in [4.69, 9.17) is 4.42 Å². The normalized spacial score (nSPS) is 15.9. The SMILES string of the molecule is Cc1occc1[S@@](=O)CC(=O)N1CCc2sccc2C1. The second-order valence-electron chi connectivity index (χ2n) is 4.77. The van der Waals surface area contributed by atoms with Crippen molar-refractivity contribution in [2.45, 2.75) is 24.8 Å². The molecule has 3 rings (SSSR count). The van der Waals surface area contributed by atoms with E-state index in [9.17, 15) is 9.00 Å². The van der Waals surface area contributed by atoms with Crippen molar-refractivity contribution in [3.63, 3.8) is 0 Å². The van der Waals surface area contributed by atoms with Gasteiger partial charge in [-0.1, -0.05) is 0 Å². The van der Waals surface area contributed by atoms with E-state index in [1.165, 1.54) is 16.7 Å². The zero-order valence-corrected chi connectivity index (χ0v) is 12.8. The molecule has 1 aliphatic heterocycles. The van der Waals surface area contributed by atoms with Crippen LogP contribution in [0.15, 0.2) is 33.1 Å². The van der Waals surface area contributed by atoms with Gasteiger partial charge in [-0.15, -0.1) is 11.3 Å². The summed E-state index contributed by atoms with van der Waals surface area (Å²) in [6.45, 7) is 3.11. The summed E-state index contributed by atoms with van der Waals surface area (Å²) < 4.78 is 17.3. The maximum absolute atomic E-state index is 12.3. The second kappa shape index (κ2) is 5.54. The molecule has 2 aromatic heterocycles. The Morgan fingerprint density at radius 1 is 1.50 bits per heavy atom. The first-order chi connectivity index (χ1) is 9.65. The van der Waals surface area contributed by atoms with Crippen LogP contribution in [0.5, 0.6) is 0 Å². The third-order valence-corrected chi connectivity index (χ3v) is 5.92. The highest BCUT2D eigenvalue weighted by atomic mass is 32.2. The highest BCUT2D eigenvalue weighted by Crippen LogP contribution is 2.24. The van der Waals surface area contributed by atoms with Gasteiger partial charge in [0.1, 0.15) is 11.5 Å². The number of hydrogen-bond donors (Lipinski definition) is 0. The fourth-order valence-corrected chi connectivity index (χ4v) is 4.38. The van der Waals surface area contributed by atoms with Crippen LogP contribution in [0.25, 0.3) is 0 Å². The van der Waals surface area contributed by atoms with Gasteiger partial charge in [0.25, 0.3) is 0 Å². The van der Waals surface area contributed by atoms with Crippen LogP contribution in [0.1, 0.15) is 16.2 Å². The molecule has 0 radical (unpaired) electrons. The number of nitrogens with zero attached hydrogens (tertiary/aromatic N) is 1. The highest BCUT2D eigenvalue weighted by Gasteiger charge is 2.23. The molecule has 0 unspecified atom stereocenters. The average Bonchev–Trinajstić information content (AvgIpc) is 3.05. The molecular weight excluding hydrogens is 294 g/mol. The van der Waals surface area contributed by atoms with Crippen LogP contribution >= 0.6 is 11.3 Å². The Morgan fingerprint density at radius 2 is 2.35 bits per heavy atom. The van der Waals surface area contributed by atoms with Gasteiger partial charge in [-0.25, -0.2) is 0 Å². The number of aryl methyl sites for hydroxylation is 1. The average molecular weight is 309 g/mol. The summed E-state index contributed by atoms with van der Waals surface area (Å²) in [7, 11) is -1.33. The van der Waals surface area contributed by atoms with E-state index < -0.39 is 10.8 Å². The molecule has 20 heavy (non-hydrogen) atoms. The summed E-state index contributed by atoms with van der Waals surface area (Å²) in [5.74, 6) is 0.593. The van der Waals surface area contributed by atoms with Gasteiger partial charge in [0.05, 0.1) is 22.0 Å². The Morgan fingerprint density at radius 3 is 3.10 bits per heavy atom. The largest absolute Gasteiger partial charge is 0.468 e. The van der Waals surface area contributed by atoms with Gasteiger partial charge < -0.3 is 9.32 Å². The van der Waals surface area contributed by atoms with Gasteiger partial charge in [-0.05, 0) is 36.4 Å². The minimum Gasteiger partial charge on any atom is -0.468 e. The quantitative estimate of drug-likeness (QED) is 0.874. The molecule has 0 fully saturated rings. The van der Waals surface area contributed by atoms with Crippen molar-refractivity contribution in [2.75, 3.05) is 12.3 Å². The Labute approximate surface area is 123 Å². The highest BCUT2D eigenvalue weighted by molar-refractivity contribution is 7.85. The van der Waals surface area contributed by atoms with E-state index in [0.717, 1.165) is 6.42 Å². The van der Waals surface area contributed by atoms with Crippen molar-refractivity contribution in [3.05, 3.63) is 40.0 Å². The number of thiophene rings is 1. The standard InChI is InChI=1S/C14H15NO3S2/c1-10-13(3-6-18-10)20(17)9-14(16)15-5-2-12-11(8-15)4-7-19-12/h3-4,6-7H,2,5,8-9H2,1H3/t20-/m0/s1. The molecule has 0 saturated carbocycles. The third-order valence-electron chi connectivity index (χ3n) is 3.47. The van der Waals surface area contributed by atoms with E-state index in [1.54, 1.807) is 29.2 Å². The lowest BCUT2D eigenvalue weighted by Crippen LogP contribution is -2.38. The van der Waals surface area contributed by atoms with E-state index in [2.05, 4.69) is 11.4 Å². The summed E-state index contributed by atoms with van der Waals surface area (Å²) in [6, 6.07) is 3.74. The van der Waals surface area contributed by atoms with Crippen molar-refractivity contribution >= 4 is 28.0 Å². The van der Waals surface area contributed by atoms with Crippen molar-refractivity contribution < 1.29 is 13.4 Å². The van der Waals surface area contributed by atoms with E-state index in [-0.39, 0.29) is 11.7 Å². The lowest BCUT2D eigenvalue weighted by molar-refractivity contribution is -0.129. The predicted octanol–water partition coefficient (Wildman–Crippen LogP) is 2.34. The smallest absolute Gasteiger partial charge is 0.235 e. The van der Waals surface area contributed by atoms with Crippen molar-refractivity contribution in [2.24, 2.45) is 0 Å². The Balaban J connectivity index is 1.66. The zero-order chi connectivity index (χ0) is 14.1. The molecule has 1 atom stereocenters. The molecule has 2 aromatic rings. The number of furan rings is 1. The van der Waals surface area contributed by atoms with Crippen LogP contribution in [0.3, 0.4) is 0 Å². The maximum atomic E-state index is 12.3.